The van der Waals surface area contributed by atoms with E-state index in [0.717, 1.165) is 11.1 Å². The van der Waals surface area contributed by atoms with Crippen LogP contribution >= 0.6 is 0 Å². The summed E-state index contributed by atoms with van der Waals surface area (Å²) in [4.78, 5) is 23.4. The molecule has 0 aliphatic rings. The van der Waals surface area contributed by atoms with Gasteiger partial charge in [-0.25, -0.2) is 0 Å². The van der Waals surface area contributed by atoms with Crippen molar-refractivity contribution in [1.82, 2.24) is 10.6 Å². The van der Waals surface area contributed by atoms with Crippen molar-refractivity contribution < 1.29 is 19.4 Å². The molecular weight excluding hydrogens is 320 g/mol. The number of hydrogen-bond acceptors (Lipinski definition) is 4. The van der Waals surface area contributed by atoms with E-state index in [2.05, 4.69) is 10.6 Å². The molecule has 0 saturated heterocycles. The average Bonchev–Trinajstić information content (AvgIpc) is 2.65. The number of hydrogen-bond donors (Lipinski definition) is 3. The molecule has 0 fully saturated rings. The predicted octanol–water partition coefficient (Wildman–Crippen LogP) is 2.32. The Morgan fingerprint density at radius 2 is 1.76 bits per heavy atom. The molecule has 0 radical (unpaired) electrons. The summed E-state index contributed by atoms with van der Waals surface area (Å²) in [5.41, 5.74) is 2.19. The smallest absolute Gasteiger partial charge is 0.251 e. The van der Waals surface area contributed by atoms with Gasteiger partial charge in [-0.2, -0.15) is 0 Å². The number of methoxy groups -OCH3 is 1. The lowest BCUT2D eigenvalue weighted by atomic mass is 10.0. The van der Waals surface area contributed by atoms with Crippen molar-refractivity contribution in [2.24, 2.45) is 0 Å². The highest BCUT2D eigenvalue weighted by Crippen LogP contribution is 2.31. The van der Waals surface area contributed by atoms with Gasteiger partial charge in [0.15, 0.2) is 11.5 Å². The Morgan fingerprint density at radius 1 is 1.04 bits per heavy atom. The molecule has 132 valence electrons. The summed E-state index contributed by atoms with van der Waals surface area (Å²) in [6.45, 7) is 2.53. The standard InChI is InChI=1S/C19H22N2O4/c1-3-18(23)20-9-10-21-19(24)15-6-4-5-13(11-15)14-7-8-16(22)17(12-14)25-2/h4-8,11-12,22H,3,9-10H2,1-2H3,(H,20,23)(H,21,24). The largest absolute Gasteiger partial charge is 0.504 e. The third-order valence-electron chi connectivity index (χ3n) is 3.69. The molecule has 2 aromatic rings. The van der Waals surface area contributed by atoms with Crippen LogP contribution in [0.5, 0.6) is 11.5 Å². The van der Waals surface area contributed by atoms with Crippen LogP contribution in [0, 0.1) is 0 Å². The van der Waals surface area contributed by atoms with Crippen molar-refractivity contribution in [3.05, 3.63) is 48.0 Å². The first-order chi connectivity index (χ1) is 12.0. The van der Waals surface area contributed by atoms with E-state index in [9.17, 15) is 14.7 Å². The molecule has 0 unspecified atom stereocenters. The van der Waals surface area contributed by atoms with Crippen molar-refractivity contribution >= 4 is 11.8 Å². The van der Waals surface area contributed by atoms with Crippen LogP contribution in [0.2, 0.25) is 0 Å². The number of amides is 2. The summed E-state index contributed by atoms with van der Waals surface area (Å²) in [6.07, 6.45) is 0.423. The van der Waals surface area contributed by atoms with Crippen LogP contribution < -0.4 is 15.4 Å². The quantitative estimate of drug-likeness (QED) is 0.674. The molecule has 0 heterocycles. The van der Waals surface area contributed by atoms with E-state index in [1.807, 2.05) is 6.07 Å². The molecule has 0 spiro atoms. The first-order valence-electron chi connectivity index (χ1n) is 8.07. The summed E-state index contributed by atoms with van der Waals surface area (Å²) in [7, 11) is 1.49. The Morgan fingerprint density at radius 3 is 2.48 bits per heavy atom. The van der Waals surface area contributed by atoms with Crippen LogP contribution in [0.3, 0.4) is 0 Å². The molecule has 0 bridgehead atoms. The normalized spacial score (nSPS) is 10.2. The molecule has 6 heteroatoms. The fourth-order valence-electron chi connectivity index (χ4n) is 2.30. The molecular formula is C19H22N2O4. The van der Waals surface area contributed by atoms with Gasteiger partial charge in [0.25, 0.3) is 5.91 Å². The van der Waals surface area contributed by atoms with Gasteiger partial charge in [-0.3, -0.25) is 9.59 Å². The molecule has 0 aliphatic heterocycles. The van der Waals surface area contributed by atoms with Crippen LogP contribution in [-0.4, -0.2) is 37.1 Å². The van der Waals surface area contributed by atoms with Crippen LogP contribution in [0.1, 0.15) is 23.7 Å². The third kappa shape index (κ3) is 4.97. The summed E-state index contributed by atoms with van der Waals surface area (Å²) in [5, 5.41) is 15.2. The van der Waals surface area contributed by atoms with Gasteiger partial charge >= 0.3 is 0 Å². The number of ether oxygens (including phenoxy) is 1. The minimum absolute atomic E-state index is 0.0440. The van der Waals surface area contributed by atoms with Gasteiger partial charge < -0.3 is 20.5 Å². The van der Waals surface area contributed by atoms with E-state index in [1.54, 1.807) is 43.3 Å². The SMILES string of the molecule is CCC(=O)NCCNC(=O)c1cccc(-c2ccc(O)c(OC)c2)c1. The maximum Gasteiger partial charge on any atom is 0.251 e. The second kappa shape index (κ2) is 8.73. The molecule has 0 aromatic heterocycles. The van der Waals surface area contributed by atoms with Gasteiger partial charge in [0.2, 0.25) is 5.91 Å². The van der Waals surface area contributed by atoms with Crippen LogP contribution in [0.4, 0.5) is 0 Å². The summed E-state index contributed by atoms with van der Waals surface area (Å²) in [5.74, 6) is 0.184. The van der Waals surface area contributed by atoms with Gasteiger partial charge in [-0.15, -0.1) is 0 Å². The van der Waals surface area contributed by atoms with Crippen molar-refractivity contribution in [3.63, 3.8) is 0 Å². The molecule has 0 atom stereocenters. The summed E-state index contributed by atoms with van der Waals surface area (Å²) < 4.78 is 5.12. The van der Waals surface area contributed by atoms with E-state index < -0.39 is 0 Å². The lowest BCUT2D eigenvalue weighted by Gasteiger charge is -2.09. The van der Waals surface area contributed by atoms with Crippen molar-refractivity contribution in [1.29, 1.82) is 0 Å². The Bertz CT molecular complexity index is 759. The van der Waals surface area contributed by atoms with Gasteiger partial charge in [-0.1, -0.05) is 25.1 Å². The first-order valence-corrected chi connectivity index (χ1v) is 8.07. The molecule has 25 heavy (non-hydrogen) atoms. The molecule has 0 saturated carbocycles. The fourth-order valence-corrected chi connectivity index (χ4v) is 2.30. The highest BCUT2D eigenvalue weighted by molar-refractivity contribution is 5.95. The molecule has 2 aromatic carbocycles. The number of nitrogens with one attached hydrogen (secondary N) is 2. The Labute approximate surface area is 146 Å². The number of rotatable bonds is 7. The Hall–Kier alpha value is -3.02. The van der Waals surface area contributed by atoms with Crippen LogP contribution in [-0.2, 0) is 4.79 Å². The van der Waals surface area contributed by atoms with Gasteiger partial charge in [0, 0.05) is 25.1 Å². The maximum atomic E-state index is 12.2. The van der Waals surface area contributed by atoms with E-state index in [0.29, 0.717) is 30.8 Å². The second-order valence-corrected chi connectivity index (χ2v) is 5.43. The zero-order valence-corrected chi connectivity index (χ0v) is 14.3. The zero-order chi connectivity index (χ0) is 18.2. The van der Waals surface area contributed by atoms with Gasteiger partial charge in [0.05, 0.1) is 7.11 Å². The lowest BCUT2D eigenvalue weighted by Crippen LogP contribution is -2.34. The molecule has 0 aliphatic carbocycles. The summed E-state index contributed by atoms with van der Waals surface area (Å²) in [6, 6.07) is 12.2. The van der Waals surface area contributed by atoms with E-state index in [4.69, 9.17) is 4.74 Å². The maximum absolute atomic E-state index is 12.2. The molecule has 3 N–H and O–H groups in total. The van der Waals surface area contributed by atoms with Crippen molar-refractivity contribution in [2.75, 3.05) is 20.2 Å². The average molecular weight is 342 g/mol. The van der Waals surface area contributed by atoms with E-state index in [1.165, 1.54) is 7.11 Å². The fraction of sp³-hybridized carbons (Fsp3) is 0.263. The molecule has 2 amide bonds. The number of aromatic hydroxyl groups is 1. The highest BCUT2D eigenvalue weighted by Gasteiger charge is 2.09. The number of carbonyl (C=O) groups is 2. The predicted molar refractivity (Wildman–Crippen MR) is 95.7 cm³/mol. The lowest BCUT2D eigenvalue weighted by molar-refractivity contribution is -0.120. The number of phenols is 1. The minimum Gasteiger partial charge on any atom is -0.504 e. The Kier molecular flexibility index (Phi) is 6.39. The second-order valence-electron chi connectivity index (χ2n) is 5.43. The van der Waals surface area contributed by atoms with Crippen molar-refractivity contribution in [3.8, 4) is 22.6 Å². The minimum atomic E-state index is -0.210. The molecule has 6 nitrogen and oxygen atoms in total. The van der Waals surface area contributed by atoms with E-state index in [-0.39, 0.29) is 17.6 Å². The van der Waals surface area contributed by atoms with E-state index >= 15 is 0 Å². The first kappa shape index (κ1) is 18.3. The van der Waals surface area contributed by atoms with Crippen molar-refractivity contribution in [2.45, 2.75) is 13.3 Å². The Balaban J connectivity index is 2.05. The topological polar surface area (TPSA) is 87.7 Å². The van der Waals surface area contributed by atoms with Crippen LogP contribution in [0.25, 0.3) is 11.1 Å². The van der Waals surface area contributed by atoms with Crippen LogP contribution in [0.15, 0.2) is 42.5 Å². The summed E-state index contributed by atoms with van der Waals surface area (Å²) >= 11 is 0. The third-order valence-corrected chi connectivity index (χ3v) is 3.69. The van der Waals surface area contributed by atoms with Gasteiger partial charge in [-0.05, 0) is 35.4 Å². The zero-order valence-electron chi connectivity index (χ0n) is 14.3. The number of benzene rings is 2. The monoisotopic (exact) mass is 342 g/mol. The number of phenolic OH excluding ortho intramolecular Hbond substituents is 1. The number of carbonyl (C=O) groups excluding carboxylic acids is 2. The highest BCUT2D eigenvalue weighted by atomic mass is 16.5. The van der Waals surface area contributed by atoms with Gasteiger partial charge in [0.1, 0.15) is 0 Å². The molecule has 2 rings (SSSR count).